The number of aromatic nitrogens is 2. The van der Waals surface area contributed by atoms with Gasteiger partial charge in [-0.05, 0) is 45.2 Å². The van der Waals surface area contributed by atoms with Crippen LogP contribution in [0.1, 0.15) is 29.8 Å². The Balaban J connectivity index is 1.99. The maximum atomic E-state index is 6.02. The number of piperidine rings is 1. The summed E-state index contributed by atoms with van der Waals surface area (Å²) >= 11 is 0. The van der Waals surface area contributed by atoms with Crippen LogP contribution in [-0.2, 0) is 0 Å². The van der Waals surface area contributed by atoms with Gasteiger partial charge < -0.3 is 10.6 Å². The van der Waals surface area contributed by atoms with Gasteiger partial charge >= 0.3 is 0 Å². The lowest BCUT2D eigenvalue weighted by Gasteiger charge is -2.32. The largest absolute Gasteiger partial charge is 0.368 e. The molecule has 1 aromatic heterocycles. The Hall–Kier alpha value is -1.81. The molecule has 1 aliphatic heterocycles. The molecule has 0 spiro atoms. The van der Waals surface area contributed by atoms with E-state index >= 15 is 0 Å². The van der Waals surface area contributed by atoms with Gasteiger partial charge in [-0.3, -0.25) is 0 Å². The number of rotatable bonds is 2. The second-order valence-corrected chi connectivity index (χ2v) is 6.04. The van der Waals surface area contributed by atoms with E-state index in [9.17, 15) is 0 Å². The molecule has 0 radical (unpaired) electrons. The van der Waals surface area contributed by atoms with Crippen LogP contribution in [0.15, 0.2) is 24.3 Å². The van der Waals surface area contributed by atoms with Crippen molar-refractivity contribution in [2.45, 2.75) is 39.7 Å². The Morgan fingerprint density at radius 2 is 1.76 bits per heavy atom. The van der Waals surface area contributed by atoms with Crippen LogP contribution in [-0.4, -0.2) is 28.9 Å². The Morgan fingerprint density at radius 1 is 1.10 bits per heavy atom. The van der Waals surface area contributed by atoms with Crippen LogP contribution in [0.5, 0.6) is 0 Å². The van der Waals surface area contributed by atoms with Crippen LogP contribution in [0.3, 0.4) is 0 Å². The van der Waals surface area contributed by atoms with Gasteiger partial charge in [0.15, 0.2) is 0 Å². The van der Waals surface area contributed by atoms with Crippen LogP contribution < -0.4 is 10.6 Å². The molecule has 1 aromatic carbocycles. The molecule has 2 N–H and O–H groups in total. The number of nitrogens with zero attached hydrogens (tertiary/aromatic N) is 3. The molecule has 0 bridgehead atoms. The minimum Gasteiger partial charge on any atom is -0.368 e. The van der Waals surface area contributed by atoms with E-state index in [1.165, 1.54) is 16.9 Å². The number of para-hydroxylation sites is 1. The van der Waals surface area contributed by atoms with Crippen molar-refractivity contribution in [3.8, 4) is 5.69 Å². The summed E-state index contributed by atoms with van der Waals surface area (Å²) in [6, 6.07) is 8.75. The topological polar surface area (TPSA) is 47.1 Å². The van der Waals surface area contributed by atoms with Crippen LogP contribution in [0, 0.1) is 20.8 Å². The summed E-state index contributed by atoms with van der Waals surface area (Å²) in [5.74, 6) is 0. The predicted molar refractivity (Wildman–Crippen MR) is 87.2 cm³/mol. The SMILES string of the molecule is Cc1ccccc1-n1nc(C)c(N2CCC(N)CC2)c1C. The third-order valence-corrected chi connectivity index (χ3v) is 4.45. The molecule has 1 fully saturated rings. The van der Waals surface area contributed by atoms with Gasteiger partial charge in [0, 0.05) is 19.1 Å². The zero-order valence-corrected chi connectivity index (χ0v) is 13.1. The van der Waals surface area contributed by atoms with Crippen molar-refractivity contribution < 1.29 is 0 Å². The fourth-order valence-electron chi connectivity index (χ4n) is 3.25. The molecule has 21 heavy (non-hydrogen) atoms. The van der Waals surface area contributed by atoms with E-state index in [2.05, 4.69) is 54.6 Å². The minimum absolute atomic E-state index is 0.355. The standard InChI is InChI=1S/C17H24N4/c1-12-6-4-5-7-16(12)21-14(3)17(13(2)19-21)20-10-8-15(18)9-11-20/h4-7,15H,8-11,18H2,1-3H3. The molecule has 112 valence electrons. The van der Waals surface area contributed by atoms with E-state index in [1.54, 1.807) is 0 Å². The number of anilines is 1. The first-order chi connectivity index (χ1) is 10.1. The maximum absolute atomic E-state index is 6.02. The lowest BCUT2D eigenvalue weighted by Crippen LogP contribution is -2.40. The molecule has 1 saturated heterocycles. The van der Waals surface area contributed by atoms with Crippen molar-refractivity contribution in [1.82, 2.24) is 9.78 Å². The minimum atomic E-state index is 0.355. The molecule has 0 atom stereocenters. The molecule has 0 aliphatic carbocycles. The van der Waals surface area contributed by atoms with Crippen molar-refractivity contribution in [2.75, 3.05) is 18.0 Å². The molecule has 2 aromatic rings. The number of nitrogens with two attached hydrogens (primary N) is 1. The molecule has 0 unspecified atom stereocenters. The normalized spacial score (nSPS) is 16.5. The average molecular weight is 284 g/mol. The van der Waals surface area contributed by atoms with E-state index in [-0.39, 0.29) is 0 Å². The Kier molecular flexibility index (Phi) is 3.72. The van der Waals surface area contributed by atoms with E-state index in [0.29, 0.717) is 6.04 Å². The van der Waals surface area contributed by atoms with Crippen molar-refractivity contribution >= 4 is 5.69 Å². The maximum Gasteiger partial charge on any atom is 0.0834 e. The van der Waals surface area contributed by atoms with E-state index in [1.807, 2.05) is 0 Å². The number of aryl methyl sites for hydroxylation is 2. The van der Waals surface area contributed by atoms with E-state index in [0.717, 1.165) is 37.3 Å². The first-order valence-corrected chi connectivity index (χ1v) is 7.70. The zero-order chi connectivity index (χ0) is 15.0. The lowest BCUT2D eigenvalue weighted by atomic mass is 10.1. The number of benzene rings is 1. The van der Waals surface area contributed by atoms with Crippen LogP contribution in [0.25, 0.3) is 5.69 Å². The van der Waals surface area contributed by atoms with Gasteiger partial charge in [-0.1, -0.05) is 18.2 Å². The highest BCUT2D eigenvalue weighted by molar-refractivity contribution is 5.58. The van der Waals surface area contributed by atoms with Crippen molar-refractivity contribution in [2.24, 2.45) is 5.73 Å². The molecule has 0 amide bonds. The summed E-state index contributed by atoms with van der Waals surface area (Å²) in [4.78, 5) is 2.44. The first-order valence-electron chi connectivity index (χ1n) is 7.70. The summed E-state index contributed by atoms with van der Waals surface area (Å²) in [6.45, 7) is 8.46. The van der Waals surface area contributed by atoms with Crippen LogP contribution in [0.4, 0.5) is 5.69 Å². The summed E-state index contributed by atoms with van der Waals surface area (Å²) in [5, 5.41) is 4.78. The fourth-order valence-corrected chi connectivity index (χ4v) is 3.25. The van der Waals surface area contributed by atoms with Crippen molar-refractivity contribution in [3.05, 3.63) is 41.2 Å². The Bertz CT molecular complexity index is 636. The quantitative estimate of drug-likeness (QED) is 0.922. The first kappa shape index (κ1) is 14.1. The molecule has 0 saturated carbocycles. The molecule has 4 heteroatoms. The lowest BCUT2D eigenvalue weighted by molar-refractivity contribution is 0.500. The molecular weight excluding hydrogens is 260 g/mol. The monoisotopic (exact) mass is 284 g/mol. The fraction of sp³-hybridized carbons (Fsp3) is 0.471. The second kappa shape index (κ2) is 5.53. The summed E-state index contributed by atoms with van der Waals surface area (Å²) < 4.78 is 2.08. The molecule has 2 heterocycles. The van der Waals surface area contributed by atoms with Crippen LogP contribution >= 0.6 is 0 Å². The highest BCUT2D eigenvalue weighted by Gasteiger charge is 2.23. The summed E-state index contributed by atoms with van der Waals surface area (Å²) in [5.41, 5.74) is 12.0. The Labute approximate surface area is 126 Å². The van der Waals surface area contributed by atoms with Gasteiger partial charge in [0.1, 0.15) is 0 Å². The van der Waals surface area contributed by atoms with E-state index < -0.39 is 0 Å². The van der Waals surface area contributed by atoms with Crippen LogP contribution in [0.2, 0.25) is 0 Å². The van der Waals surface area contributed by atoms with Crippen molar-refractivity contribution in [3.63, 3.8) is 0 Å². The number of hydrogen-bond acceptors (Lipinski definition) is 3. The third kappa shape index (κ3) is 2.56. The van der Waals surface area contributed by atoms with Gasteiger partial charge in [-0.15, -0.1) is 0 Å². The third-order valence-electron chi connectivity index (χ3n) is 4.45. The number of hydrogen-bond donors (Lipinski definition) is 1. The van der Waals surface area contributed by atoms with E-state index in [4.69, 9.17) is 10.8 Å². The summed E-state index contributed by atoms with van der Waals surface area (Å²) in [6.07, 6.45) is 2.13. The predicted octanol–water partition coefficient (Wildman–Crippen LogP) is 2.73. The smallest absolute Gasteiger partial charge is 0.0834 e. The average Bonchev–Trinajstić information content (AvgIpc) is 2.76. The Morgan fingerprint density at radius 3 is 2.43 bits per heavy atom. The molecule has 1 aliphatic rings. The van der Waals surface area contributed by atoms with Gasteiger partial charge in [0.05, 0.1) is 22.8 Å². The second-order valence-electron chi connectivity index (χ2n) is 6.04. The molecule has 3 rings (SSSR count). The van der Waals surface area contributed by atoms with Gasteiger partial charge in [-0.2, -0.15) is 5.10 Å². The van der Waals surface area contributed by atoms with Crippen molar-refractivity contribution in [1.29, 1.82) is 0 Å². The van der Waals surface area contributed by atoms with Gasteiger partial charge in [0.25, 0.3) is 0 Å². The zero-order valence-electron chi connectivity index (χ0n) is 13.1. The highest BCUT2D eigenvalue weighted by Crippen LogP contribution is 2.29. The van der Waals surface area contributed by atoms with Gasteiger partial charge in [0.2, 0.25) is 0 Å². The molecule has 4 nitrogen and oxygen atoms in total. The summed E-state index contributed by atoms with van der Waals surface area (Å²) in [7, 11) is 0. The van der Waals surface area contributed by atoms with Gasteiger partial charge in [-0.25, -0.2) is 4.68 Å². The molecular formula is C17H24N4. The highest BCUT2D eigenvalue weighted by atomic mass is 15.3.